The van der Waals surface area contributed by atoms with E-state index in [4.69, 9.17) is 0 Å². The van der Waals surface area contributed by atoms with Crippen LogP contribution in [0.2, 0.25) is 0 Å². The summed E-state index contributed by atoms with van der Waals surface area (Å²) in [6, 6.07) is 0. The number of hydrogen-bond acceptors (Lipinski definition) is 2. The third kappa shape index (κ3) is 7.43. The zero-order chi connectivity index (χ0) is 14.1. The molecule has 1 rings (SSSR count). The SMILES string of the molecule is O=C(OC1CCCCCCCCCCC1)C(F)(F)F. The molecule has 1 fully saturated rings. The monoisotopic (exact) mass is 280 g/mol. The van der Waals surface area contributed by atoms with Crippen LogP contribution >= 0.6 is 0 Å². The molecule has 0 atom stereocenters. The molecule has 0 aliphatic heterocycles. The van der Waals surface area contributed by atoms with Crippen LogP contribution in [0.25, 0.3) is 0 Å². The third-order valence-electron chi connectivity index (χ3n) is 3.56. The highest BCUT2D eigenvalue weighted by Gasteiger charge is 2.42. The van der Waals surface area contributed by atoms with Crippen molar-refractivity contribution in [3.8, 4) is 0 Å². The average molecular weight is 280 g/mol. The molecule has 112 valence electrons. The standard InChI is InChI=1S/C14H23F3O2/c15-14(16,17)13(18)19-12-10-8-6-4-2-1-3-5-7-9-11-12/h12H,1-11H2. The zero-order valence-electron chi connectivity index (χ0n) is 11.3. The smallest absolute Gasteiger partial charge is 0.456 e. The maximum atomic E-state index is 12.2. The first-order valence-corrected chi connectivity index (χ1v) is 7.28. The van der Waals surface area contributed by atoms with Gasteiger partial charge in [-0.3, -0.25) is 0 Å². The van der Waals surface area contributed by atoms with Gasteiger partial charge in [-0.2, -0.15) is 13.2 Å². The van der Waals surface area contributed by atoms with Crippen LogP contribution in [0.1, 0.15) is 70.6 Å². The third-order valence-corrected chi connectivity index (χ3v) is 3.56. The van der Waals surface area contributed by atoms with Gasteiger partial charge in [0.1, 0.15) is 6.10 Å². The van der Waals surface area contributed by atoms with E-state index in [2.05, 4.69) is 4.74 Å². The van der Waals surface area contributed by atoms with Gasteiger partial charge in [-0.05, 0) is 25.7 Å². The van der Waals surface area contributed by atoms with Crippen molar-refractivity contribution in [2.75, 3.05) is 0 Å². The molecule has 2 nitrogen and oxygen atoms in total. The van der Waals surface area contributed by atoms with E-state index in [1.54, 1.807) is 0 Å². The summed E-state index contributed by atoms with van der Waals surface area (Å²) in [7, 11) is 0. The Morgan fingerprint density at radius 1 is 0.789 bits per heavy atom. The topological polar surface area (TPSA) is 26.3 Å². The van der Waals surface area contributed by atoms with Crippen molar-refractivity contribution in [3.05, 3.63) is 0 Å². The largest absolute Gasteiger partial charge is 0.490 e. The highest BCUT2D eigenvalue weighted by molar-refractivity contribution is 5.75. The second kappa shape index (κ2) is 8.43. The number of alkyl halides is 3. The quantitative estimate of drug-likeness (QED) is 0.647. The highest BCUT2D eigenvalue weighted by Crippen LogP contribution is 2.23. The predicted molar refractivity (Wildman–Crippen MR) is 66.7 cm³/mol. The molecule has 0 radical (unpaired) electrons. The highest BCUT2D eigenvalue weighted by atomic mass is 19.4. The Balaban J connectivity index is 2.40. The molecule has 0 amide bonds. The molecular weight excluding hydrogens is 257 g/mol. The van der Waals surface area contributed by atoms with Crippen LogP contribution < -0.4 is 0 Å². The van der Waals surface area contributed by atoms with Crippen LogP contribution in [0.5, 0.6) is 0 Å². The molecule has 5 heteroatoms. The zero-order valence-corrected chi connectivity index (χ0v) is 11.3. The fourth-order valence-electron chi connectivity index (χ4n) is 2.46. The van der Waals surface area contributed by atoms with Gasteiger partial charge < -0.3 is 4.74 Å². The molecule has 19 heavy (non-hydrogen) atoms. The fourth-order valence-corrected chi connectivity index (χ4v) is 2.46. The van der Waals surface area contributed by atoms with Gasteiger partial charge >= 0.3 is 12.1 Å². The first-order chi connectivity index (χ1) is 9.00. The summed E-state index contributed by atoms with van der Waals surface area (Å²) in [6.07, 6.45) is 5.30. The van der Waals surface area contributed by atoms with E-state index in [9.17, 15) is 18.0 Å². The Hall–Kier alpha value is -0.740. The van der Waals surface area contributed by atoms with Crippen molar-refractivity contribution in [1.29, 1.82) is 0 Å². The maximum Gasteiger partial charge on any atom is 0.490 e. The van der Waals surface area contributed by atoms with Gasteiger partial charge in [0.2, 0.25) is 0 Å². The van der Waals surface area contributed by atoms with Gasteiger partial charge in [-0.15, -0.1) is 0 Å². The first kappa shape index (κ1) is 16.3. The minimum atomic E-state index is -4.87. The molecule has 1 aliphatic rings. The van der Waals surface area contributed by atoms with Crippen molar-refractivity contribution in [2.45, 2.75) is 82.9 Å². The first-order valence-electron chi connectivity index (χ1n) is 7.28. The van der Waals surface area contributed by atoms with Crippen molar-refractivity contribution < 1.29 is 22.7 Å². The summed E-state index contributed by atoms with van der Waals surface area (Å²) in [5, 5.41) is 0. The lowest BCUT2D eigenvalue weighted by molar-refractivity contribution is -0.205. The van der Waals surface area contributed by atoms with Crippen LogP contribution in [0.15, 0.2) is 0 Å². The summed E-state index contributed by atoms with van der Waals surface area (Å²) < 4.78 is 41.1. The molecule has 0 heterocycles. The lowest BCUT2D eigenvalue weighted by Gasteiger charge is -2.19. The molecule has 0 N–H and O–H groups in total. The summed E-state index contributed by atoms with van der Waals surface area (Å²) in [5.74, 6) is -2.04. The van der Waals surface area contributed by atoms with Crippen LogP contribution in [-0.4, -0.2) is 18.2 Å². The van der Waals surface area contributed by atoms with Crippen molar-refractivity contribution >= 4 is 5.97 Å². The van der Waals surface area contributed by atoms with E-state index in [-0.39, 0.29) is 0 Å². The molecule has 0 aromatic carbocycles. The molecule has 0 aromatic heterocycles. The van der Waals surface area contributed by atoms with Gasteiger partial charge in [-0.1, -0.05) is 44.9 Å². The Labute approximate surface area is 112 Å². The van der Waals surface area contributed by atoms with Crippen molar-refractivity contribution in [2.24, 2.45) is 0 Å². The predicted octanol–water partition coefficient (Wildman–Crippen LogP) is 4.77. The van der Waals surface area contributed by atoms with E-state index < -0.39 is 18.2 Å². The van der Waals surface area contributed by atoms with Crippen molar-refractivity contribution in [3.63, 3.8) is 0 Å². The molecule has 0 unspecified atom stereocenters. The number of ether oxygens (including phenoxy) is 1. The summed E-state index contributed by atoms with van der Waals surface area (Å²) >= 11 is 0. The van der Waals surface area contributed by atoms with Crippen molar-refractivity contribution in [1.82, 2.24) is 0 Å². The van der Waals surface area contributed by atoms with Gasteiger partial charge in [0.25, 0.3) is 0 Å². The molecule has 1 aliphatic carbocycles. The van der Waals surface area contributed by atoms with Gasteiger partial charge in [-0.25, -0.2) is 4.79 Å². The fraction of sp³-hybridized carbons (Fsp3) is 0.929. The summed E-state index contributed by atoms with van der Waals surface area (Å²) in [5.41, 5.74) is 0. The number of hydrogen-bond donors (Lipinski definition) is 0. The average Bonchev–Trinajstić information content (AvgIpc) is 2.31. The van der Waals surface area contributed by atoms with E-state index in [1.165, 1.54) is 19.3 Å². The Morgan fingerprint density at radius 2 is 1.16 bits per heavy atom. The minimum absolute atomic E-state index is 0.557. The molecule has 0 bridgehead atoms. The number of carbonyl (C=O) groups is 1. The molecule has 0 saturated heterocycles. The number of rotatable bonds is 1. The maximum absolute atomic E-state index is 12.2. The van der Waals surface area contributed by atoms with Gasteiger partial charge in [0, 0.05) is 0 Å². The van der Waals surface area contributed by atoms with Crippen LogP contribution in [0.4, 0.5) is 13.2 Å². The second-order valence-electron chi connectivity index (χ2n) is 5.28. The lowest BCUT2D eigenvalue weighted by Crippen LogP contribution is -2.30. The number of carbonyl (C=O) groups excluding carboxylic acids is 1. The Kier molecular flexibility index (Phi) is 7.24. The second-order valence-corrected chi connectivity index (χ2v) is 5.28. The van der Waals surface area contributed by atoms with E-state index in [0.29, 0.717) is 12.8 Å². The Morgan fingerprint density at radius 3 is 1.53 bits per heavy atom. The normalized spacial score (nSPS) is 21.2. The Bertz CT molecular complexity index is 252. The van der Waals surface area contributed by atoms with Crippen LogP contribution in [0, 0.1) is 0 Å². The van der Waals surface area contributed by atoms with Gasteiger partial charge in [0.05, 0.1) is 0 Å². The lowest BCUT2D eigenvalue weighted by atomic mass is 9.99. The van der Waals surface area contributed by atoms with E-state index in [1.807, 2.05) is 0 Å². The van der Waals surface area contributed by atoms with Crippen LogP contribution in [-0.2, 0) is 9.53 Å². The van der Waals surface area contributed by atoms with Gasteiger partial charge in [0.15, 0.2) is 0 Å². The summed E-state index contributed by atoms with van der Waals surface area (Å²) in [6.45, 7) is 0. The molecule has 0 aromatic rings. The number of halogens is 3. The van der Waals surface area contributed by atoms with Crippen LogP contribution in [0.3, 0.4) is 0 Å². The molecule has 0 spiro atoms. The minimum Gasteiger partial charge on any atom is -0.456 e. The van der Waals surface area contributed by atoms with E-state index in [0.717, 1.165) is 38.5 Å². The van der Waals surface area contributed by atoms with E-state index >= 15 is 0 Å². The molecule has 1 saturated carbocycles. The summed E-state index contributed by atoms with van der Waals surface area (Å²) in [4.78, 5) is 10.9. The number of esters is 1. The molecular formula is C14H23F3O2.